The van der Waals surface area contributed by atoms with Crippen LogP contribution in [0.1, 0.15) is 0 Å². The van der Waals surface area contributed by atoms with Gasteiger partial charge in [0.1, 0.15) is 11.6 Å². The zero-order valence-corrected chi connectivity index (χ0v) is 12.4. The molecule has 0 unspecified atom stereocenters. The molecule has 0 saturated heterocycles. The fraction of sp³-hybridized carbons (Fsp3) is 0. The molecule has 4 aromatic rings. The highest BCUT2D eigenvalue weighted by atomic mass is 32.2. The fourth-order valence-corrected chi connectivity index (χ4v) is 3.75. The molecule has 2 aromatic carbocycles. The Kier molecular flexibility index (Phi) is 2.43. The van der Waals surface area contributed by atoms with Crippen molar-refractivity contribution in [1.82, 2.24) is 9.97 Å². The molecule has 0 saturated carbocycles. The van der Waals surface area contributed by atoms with Gasteiger partial charge >= 0.3 is 0 Å². The van der Waals surface area contributed by atoms with E-state index in [2.05, 4.69) is 29.6 Å². The van der Waals surface area contributed by atoms with Gasteiger partial charge in [-0.25, -0.2) is 9.97 Å². The summed E-state index contributed by atoms with van der Waals surface area (Å²) < 4.78 is 0. The van der Waals surface area contributed by atoms with Crippen LogP contribution in [0.4, 0.5) is 11.6 Å². The Morgan fingerprint density at radius 3 is 1.73 bits per heavy atom. The van der Waals surface area contributed by atoms with Crippen molar-refractivity contribution in [2.24, 2.45) is 0 Å². The predicted molar refractivity (Wildman–Crippen MR) is 90.9 cm³/mol. The fourth-order valence-electron chi connectivity index (χ4n) is 2.76. The number of aromatic nitrogens is 2. The number of anilines is 2. The van der Waals surface area contributed by atoms with Gasteiger partial charge in [-0.05, 0) is 24.3 Å². The number of hydrogen-bond donors (Lipinski definition) is 1. The number of benzene rings is 2. The Hall–Kier alpha value is -2.59. The lowest BCUT2D eigenvalue weighted by Gasteiger charge is -2.20. The zero-order valence-electron chi connectivity index (χ0n) is 11.6. The van der Waals surface area contributed by atoms with E-state index in [0.29, 0.717) is 0 Å². The van der Waals surface area contributed by atoms with Gasteiger partial charge in [0.05, 0.1) is 20.8 Å². The quantitative estimate of drug-likeness (QED) is 0.437. The van der Waals surface area contributed by atoms with Crippen molar-refractivity contribution in [2.75, 3.05) is 5.32 Å². The minimum atomic E-state index is 0.888. The van der Waals surface area contributed by atoms with Gasteiger partial charge in [0, 0.05) is 10.8 Å². The maximum atomic E-state index is 4.72. The predicted octanol–water partition coefficient (Wildman–Crippen LogP) is 4.99. The molecule has 22 heavy (non-hydrogen) atoms. The second kappa shape index (κ2) is 4.45. The third-order valence-electron chi connectivity index (χ3n) is 3.83. The van der Waals surface area contributed by atoms with Gasteiger partial charge < -0.3 is 5.32 Å². The third-order valence-corrected chi connectivity index (χ3v) is 4.90. The smallest absolute Gasteiger partial charge is 0.146 e. The van der Waals surface area contributed by atoms with Gasteiger partial charge in [-0.3, -0.25) is 0 Å². The zero-order chi connectivity index (χ0) is 14.5. The molecule has 0 radical (unpaired) electrons. The summed E-state index contributed by atoms with van der Waals surface area (Å²) >= 11 is 1.72. The van der Waals surface area contributed by atoms with E-state index in [1.165, 1.54) is 0 Å². The molecule has 2 aromatic heterocycles. The molecule has 4 heteroatoms. The maximum absolute atomic E-state index is 4.72. The Morgan fingerprint density at radius 1 is 0.682 bits per heavy atom. The largest absolute Gasteiger partial charge is 0.323 e. The second-order valence-corrected chi connectivity index (χ2v) is 6.37. The van der Waals surface area contributed by atoms with Crippen LogP contribution in [0.3, 0.4) is 0 Å². The molecule has 104 valence electrons. The Balaban J connectivity index is 1.71. The number of rotatable bonds is 0. The van der Waals surface area contributed by atoms with E-state index in [1.807, 2.05) is 36.4 Å². The number of pyridine rings is 2. The lowest BCUT2D eigenvalue weighted by molar-refractivity contribution is 1.19. The van der Waals surface area contributed by atoms with Gasteiger partial charge in [0.2, 0.25) is 0 Å². The molecule has 1 N–H and O–H groups in total. The van der Waals surface area contributed by atoms with Crippen LogP contribution in [-0.2, 0) is 0 Å². The van der Waals surface area contributed by atoms with E-state index in [0.717, 1.165) is 43.2 Å². The minimum Gasteiger partial charge on any atom is -0.323 e. The highest BCUT2D eigenvalue weighted by molar-refractivity contribution is 7.99. The van der Waals surface area contributed by atoms with Crippen LogP contribution in [0.15, 0.2) is 70.5 Å². The molecule has 1 aliphatic rings. The van der Waals surface area contributed by atoms with E-state index in [9.17, 15) is 0 Å². The van der Waals surface area contributed by atoms with E-state index in [-0.39, 0.29) is 0 Å². The summed E-state index contributed by atoms with van der Waals surface area (Å²) in [4.78, 5) is 11.7. The van der Waals surface area contributed by atoms with Crippen LogP contribution in [0.25, 0.3) is 21.8 Å². The van der Waals surface area contributed by atoms with Crippen molar-refractivity contribution >= 4 is 45.2 Å². The van der Waals surface area contributed by atoms with Crippen LogP contribution >= 0.6 is 11.8 Å². The molecule has 0 aliphatic carbocycles. The van der Waals surface area contributed by atoms with Crippen LogP contribution in [0.2, 0.25) is 0 Å². The van der Waals surface area contributed by atoms with Crippen molar-refractivity contribution in [2.45, 2.75) is 9.79 Å². The summed E-state index contributed by atoms with van der Waals surface area (Å²) in [6.07, 6.45) is 0. The van der Waals surface area contributed by atoms with E-state index < -0.39 is 0 Å². The Labute approximate surface area is 131 Å². The topological polar surface area (TPSA) is 37.8 Å². The number of para-hydroxylation sites is 2. The van der Waals surface area contributed by atoms with Gasteiger partial charge in [-0.2, -0.15) is 0 Å². The lowest BCUT2D eigenvalue weighted by Crippen LogP contribution is -2.04. The highest BCUT2D eigenvalue weighted by Crippen LogP contribution is 2.44. The second-order valence-electron chi connectivity index (χ2n) is 5.28. The summed E-state index contributed by atoms with van der Waals surface area (Å²) in [5.74, 6) is 1.78. The van der Waals surface area contributed by atoms with Crippen molar-refractivity contribution in [1.29, 1.82) is 0 Å². The first-order valence-electron chi connectivity index (χ1n) is 7.11. The monoisotopic (exact) mass is 301 g/mol. The molecule has 5 rings (SSSR count). The molecule has 3 nitrogen and oxygen atoms in total. The molecule has 1 aliphatic heterocycles. The summed E-state index contributed by atoms with van der Waals surface area (Å²) in [7, 11) is 0. The normalized spacial score (nSPS) is 12.7. The first-order valence-corrected chi connectivity index (χ1v) is 7.93. The van der Waals surface area contributed by atoms with E-state index >= 15 is 0 Å². The molecular weight excluding hydrogens is 290 g/mol. The first kappa shape index (κ1) is 12.0. The maximum Gasteiger partial charge on any atom is 0.146 e. The summed E-state index contributed by atoms with van der Waals surface area (Å²) in [6, 6.07) is 20.7. The molecule has 0 bridgehead atoms. The van der Waals surface area contributed by atoms with Crippen LogP contribution < -0.4 is 5.32 Å². The average Bonchev–Trinajstić information content (AvgIpc) is 2.56. The third kappa shape index (κ3) is 1.77. The van der Waals surface area contributed by atoms with Crippen LogP contribution in [0.5, 0.6) is 0 Å². The molecule has 3 heterocycles. The molecule has 0 fully saturated rings. The number of fused-ring (bicyclic) bond motifs is 4. The van der Waals surface area contributed by atoms with Gasteiger partial charge in [0.15, 0.2) is 0 Å². The van der Waals surface area contributed by atoms with Gasteiger partial charge in [0.25, 0.3) is 0 Å². The summed E-state index contributed by atoms with van der Waals surface area (Å²) in [5, 5.41) is 5.70. The minimum absolute atomic E-state index is 0.888. The van der Waals surface area contributed by atoms with E-state index in [1.54, 1.807) is 11.8 Å². The standard InChI is InChI=1S/C18H11N3S/c1-3-7-13-11(5-1)9-15-17(19-13)21-18-16(22-15)10-12-6-2-4-8-14(12)20-18/h1-10H,(H,19,20,21). The Bertz CT molecular complexity index is 877. The molecule has 0 spiro atoms. The van der Waals surface area contributed by atoms with Gasteiger partial charge in [-0.1, -0.05) is 48.2 Å². The average molecular weight is 301 g/mol. The highest BCUT2D eigenvalue weighted by Gasteiger charge is 2.19. The SMILES string of the molecule is c1ccc2nc3c(cc2c1)Sc1cc2ccccc2nc1N3. The van der Waals surface area contributed by atoms with Crippen molar-refractivity contribution < 1.29 is 0 Å². The number of hydrogen-bond acceptors (Lipinski definition) is 4. The van der Waals surface area contributed by atoms with Crippen molar-refractivity contribution in [3.8, 4) is 0 Å². The number of nitrogens with zero attached hydrogens (tertiary/aromatic N) is 2. The van der Waals surface area contributed by atoms with Crippen molar-refractivity contribution in [3.63, 3.8) is 0 Å². The van der Waals surface area contributed by atoms with Gasteiger partial charge in [-0.15, -0.1) is 0 Å². The molecule has 0 amide bonds. The van der Waals surface area contributed by atoms with Crippen LogP contribution in [0, 0.1) is 0 Å². The summed E-state index contributed by atoms with van der Waals surface area (Å²) in [6.45, 7) is 0. The lowest BCUT2D eigenvalue weighted by atomic mass is 10.2. The van der Waals surface area contributed by atoms with E-state index in [4.69, 9.17) is 9.97 Å². The van der Waals surface area contributed by atoms with Crippen molar-refractivity contribution in [3.05, 3.63) is 60.7 Å². The molecule has 0 atom stereocenters. The number of nitrogens with one attached hydrogen (secondary N) is 1. The summed E-state index contributed by atoms with van der Waals surface area (Å²) in [5.41, 5.74) is 2.00. The first-order chi connectivity index (χ1) is 10.9. The molecular formula is C18H11N3S. The Morgan fingerprint density at radius 2 is 1.18 bits per heavy atom. The van der Waals surface area contributed by atoms with Crippen LogP contribution in [-0.4, -0.2) is 9.97 Å².